The molecule has 0 saturated heterocycles. The van der Waals surface area contributed by atoms with Crippen LogP contribution in [0, 0.1) is 0 Å². The van der Waals surface area contributed by atoms with Crippen molar-refractivity contribution in [1.82, 2.24) is 0 Å². The van der Waals surface area contributed by atoms with E-state index < -0.39 is 5.54 Å². The number of carbonyl (C=O) groups excluding carboxylic acids is 1. The Morgan fingerprint density at radius 2 is 1.79 bits per heavy atom. The van der Waals surface area contributed by atoms with E-state index in [4.69, 9.17) is 10.5 Å². The van der Waals surface area contributed by atoms with E-state index in [1.807, 2.05) is 13.8 Å². The van der Waals surface area contributed by atoms with Gasteiger partial charge in [0.15, 0.2) is 0 Å². The van der Waals surface area contributed by atoms with Crippen molar-refractivity contribution < 1.29 is 9.53 Å². The molecule has 0 aromatic carbocycles. The minimum Gasteiger partial charge on any atom is -0.464 e. The summed E-state index contributed by atoms with van der Waals surface area (Å²) >= 11 is 0. The van der Waals surface area contributed by atoms with Crippen LogP contribution < -0.4 is 5.73 Å². The molecule has 2 N–H and O–H groups in total. The van der Waals surface area contributed by atoms with Crippen LogP contribution in [0.3, 0.4) is 0 Å². The molecule has 0 bridgehead atoms. The maximum atomic E-state index is 11.5. The predicted molar refractivity (Wildman–Crippen MR) is 58.0 cm³/mol. The summed E-state index contributed by atoms with van der Waals surface area (Å²) in [6.45, 7) is 6.45. The van der Waals surface area contributed by atoms with Crippen LogP contribution in [0.2, 0.25) is 0 Å². The zero-order chi connectivity index (χ0) is 11.0. The van der Waals surface area contributed by atoms with Crippen molar-refractivity contribution in [3.05, 3.63) is 0 Å². The van der Waals surface area contributed by atoms with Gasteiger partial charge in [-0.15, -0.1) is 0 Å². The van der Waals surface area contributed by atoms with Crippen LogP contribution >= 0.6 is 0 Å². The van der Waals surface area contributed by atoms with Crippen molar-refractivity contribution in [2.24, 2.45) is 5.73 Å². The lowest BCUT2D eigenvalue weighted by Crippen LogP contribution is -2.48. The van der Waals surface area contributed by atoms with Crippen molar-refractivity contribution in [2.45, 2.75) is 58.4 Å². The molecule has 0 heterocycles. The smallest absolute Gasteiger partial charge is 0.326 e. The zero-order valence-corrected chi connectivity index (χ0v) is 9.64. The van der Waals surface area contributed by atoms with Gasteiger partial charge in [0.05, 0.1) is 6.61 Å². The fourth-order valence-electron chi connectivity index (χ4n) is 1.20. The first-order valence-corrected chi connectivity index (χ1v) is 5.56. The highest BCUT2D eigenvalue weighted by Crippen LogP contribution is 2.13. The summed E-state index contributed by atoms with van der Waals surface area (Å²) in [5, 5.41) is 0. The molecule has 3 nitrogen and oxygen atoms in total. The molecule has 84 valence electrons. The third-order valence-corrected chi connectivity index (χ3v) is 2.65. The second kappa shape index (κ2) is 6.82. The molecule has 0 unspecified atom stereocenters. The predicted octanol–water partition coefficient (Wildman–Crippen LogP) is 2.24. The Morgan fingerprint density at radius 1 is 1.21 bits per heavy atom. The lowest BCUT2D eigenvalue weighted by molar-refractivity contribution is -0.150. The second-order valence-electron chi connectivity index (χ2n) is 3.71. The van der Waals surface area contributed by atoms with E-state index >= 15 is 0 Å². The summed E-state index contributed by atoms with van der Waals surface area (Å²) in [5.41, 5.74) is 5.11. The van der Waals surface area contributed by atoms with Gasteiger partial charge in [0.2, 0.25) is 0 Å². The molecule has 3 heteroatoms. The highest BCUT2D eigenvalue weighted by molar-refractivity contribution is 5.80. The number of hydrogen-bond acceptors (Lipinski definition) is 3. The summed E-state index contributed by atoms with van der Waals surface area (Å²) in [7, 11) is 0. The first-order chi connectivity index (χ1) is 6.60. The Morgan fingerprint density at radius 3 is 2.21 bits per heavy atom. The van der Waals surface area contributed by atoms with Crippen LogP contribution in [0.4, 0.5) is 0 Å². The fourth-order valence-corrected chi connectivity index (χ4v) is 1.20. The maximum absolute atomic E-state index is 11.5. The van der Waals surface area contributed by atoms with E-state index in [0.29, 0.717) is 19.4 Å². The van der Waals surface area contributed by atoms with Crippen LogP contribution in [0.5, 0.6) is 0 Å². The molecule has 0 aliphatic heterocycles. The highest BCUT2D eigenvalue weighted by Gasteiger charge is 2.31. The molecule has 14 heavy (non-hydrogen) atoms. The van der Waals surface area contributed by atoms with Gasteiger partial charge in [0, 0.05) is 0 Å². The van der Waals surface area contributed by atoms with E-state index in [2.05, 4.69) is 6.92 Å². The number of carbonyl (C=O) groups is 1. The molecule has 0 fully saturated rings. The number of esters is 1. The summed E-state index contributed by atoms with van der Waals surface area (Å²) in [6.07, 6.45) is 4.44. The van der Waals surface area contributed by atoms with Gasteiger partial charge in [-0.2, -0.15) is 0 Å². The molecular weight excluding hydrogens is 178 g/mol. The van der Waals surface area contributed by atoms with Crippen molar-refractivity contribution >= 4 is 5.97 Å². The molecule has 0 aromatic heterocycles. The Bertz CT molecular complexity index is 165. The average molecular weight is 201 g/mol. The normalized spacial score (nSPS) is 11.4. The quantitative estimate of drug-likeness (QED) is 0.507. The molecule has 0 rings (SSSR count). The number of hydrogen-bond donors (Lipinski definition) is 1. The van der Waals surface area contributed by atoms with Crippen molar-refractivity contribution in [3.8, 4) is 0 Å². The minimum atomic E-state index is -0.772. The van der Waals surface area contributed by atoms with E-state index in [1.165, 1.54) is 0 Å². The SMILES string of the molecule is CCCCCOC(=O)C(N)(CC)CC. The van der Waals surface area contributed by atoms with Gasteiger partial charge in [-0.1, -0.05) is 33.6 Å². The molecular formula is C11H23NO2. The zero-order valence-electron chi connectivity index (χ0n) is 9.64. The van der Waals surface area contributed by atoms with Gasteiger partial charge in [0.1, 0.15) is 5.54 Å². The van der Waals surface area contributed by atoms with E-state index in [-0.39, 0.29) is 5.97 Å². The van der Waals surface area contributed by atoms with Gasteiger partial charge < -0.3 is 10.5 Å². The standard InChI is InChI=1S/C11H23NO2/c1-4-7-8-9-14-10(13)11(12,5-2)6-3/h4-9,12H2,1-3H3. The summed E-state index contributed by atoms with van der Waals surface area (Å²) in [6, 6.07) is 0. The lowest BCUT2D eigenvalue weighted by Gasteiger charge is -2.23. The number of ether oxygens (including phenoxy) is 1. The largest absolute Gasteiger partial charge is 0.464 e. The number of unbranched alkanes of at least 4 members (excludes halogenated alkanes) is 2. The molecule has 0 atom stereocenters. The summed E-state index contributed by atoms with van der Waals surface area (Å²) < 4.78 is 5.13. The van der Waals surface area contributed by atoms with Crippen LogP contribution in [-0.4, -0.2) is 18.1 Å². The second-order valence-corrected chi connectivity index (χ2v) is 3.71. The summed E-state index contributed by atoms with van der Waals surface area (Å²) in [5.74, 6) is -0.251. The van der Waals surface area contributed by atoms with E-state index in [1.54, 1.807) is 0 Å². The van der Waals surface area contributed by atoms with Gasteiger partial charge >= 0.3 is 5.97 Å². The molecule has 0 aliphatic carbocycles. The topological polar surface area (TPSA) is 52.3 Å². The Hall–Kier alpha value is -0.570. The van der Waals surface area contributed by atoms with E-state index in [0.717, 1.165) is 19.3 Å². The minimum absolute atomic E-state index is 0.251. The molecule has 0 aliphatic rings. The highest BCUT2D eigenvalue weighted by atomic mass is 16.5. The van der Waals surface area contributed by atoms with Crippen molar-refractivity contribution in [3.63, 3.8) is 0 Å². The fraction of sp³-hybridized carbons (Fsp3) is 0.909. The molecule has 0 aromatic rings. The molecule has 0 amide bonds. The average Bonchev–Trinajstić information content (AvgIpc) is 2.22. The number of rotatable bonds is 7. The molecule has 0 radical (unpaired) electrons. The molecule has 0 spiro atoms. The Balaban J connectivity index is 3.82. The monoisotopic (exact) mass is 201 g/mol. The van der Waals surface area contributed by atoms with Crippen LogP contribution in [0.1, 0.15) is 52.9 Å². The van der Waals surface area contributed by atoms with Crippen molar-refractivity contribution in [2.75, 3.05) is 6.61 Å². The first kappa shape index (κ1) is 13.4. The van der Waals surface area contributed by atoms with Crippen LogP contribution in [-0.2, 0) is 9.53 Å². The van der Waals surface area contributed by atoms with Gasteiger partial charge in [-0.25, -0.2) is 0 Å². The summed E-state index contributed by atoms with van der Waals surface area (Å²) in [4.78, 5) is 11.5. The van der Waals surface area contributed by atoms with Crippen LogP contribution in [0.15, 0.2) is 0 Å². The Kier molecular flexibility index (Phi) is 6.54. The molecule has 0 saturated carbocycles. The van der Waals surface area contributed by atoms with Crippen molar-refractivity contribution in [1.29, 1.82) is 0 Å². The maximum Gasteiger partial charge on any atom is 0.326 e. The van der Waals surface area contributed by atoms with Gasteiger partial charge in [-0.05, 0) is 19.3 Å². The van der Waals surface area contributed by atoms with Gasteiger partial charge in [0.25, 0.3) is 0 Å². The van der Waals surface area contributed by atoms with E-state index in [9.17, 15) is 4.79 Å². The third kappa shape index (κ3) is 4.09. The third-order valence-electron chi connectivity index (χ3n) is 2.65. The van der Waals surface area contributed by atoms with Gasteiger partial charge in [-0.3, -0.25) is 4.79 Å². The first-order valence-electron chi connectivity index (χ1n) is 5.56. The van der Waals surface area contributed by atoms with Crippen LogP contribution in [0.25, 0.3) is 0 Å². The number of nitrogens with two attached hydrogens (primary N) is 1. The lowest BCUT2D eigenvalue weighted by atomic mass is 9.95. The Labute approximate surface area is 87.0 Å².